The first kappa shape index (κ1) is 22.3. The number of hydrogen-bond donors (Lipinski definition) is 2. The van der Waals surface area contributed by atoms with Crippen LogP contribution < -0.4 is 20.3 Å². The Labute approximate surface area is 172 Å². The molecule has 29 heavy (non-hydrogen) atoms. The summed E-state index contributed by atoms with van der Waals surface area (Å²) in [5.74, 6) is 0.620. The number of nitrogens with one attached hydrogen (secondary N) is 2. The number of hydrogen-bond acceptors (Lipinski definition) is 4. The van der Waals surface area contributed by atoms with E-state index >= 15 is 0 Å². The normalized spacial score (nSPS) is 11.4. The molecule has 2 aromatic carbocycles. The van der Waals surface area contributed by atoms with Gasteiger partial charge in [-0.2, -0.15) is 0 Å². The Hall–Kier alpha value is -3.02. The summed E-state index contributed by atoms with van der Waals surface area (Å²) in [5.41, 5.74) is 6.23. The van der Waals surface area contributed by atoms with Gasteiger partial charge in [-0.15, -0.1) is 0 Å². The molecule has 0 unspecified atom stereocenters. The average molecular weight is 399 g/mol. The predicted molar refractivity (Wildman–Crippen MR) is 113 cm³/mol. The van der Waals surface area contributed by atoms with Crippen molar-refractivity contribution in [3.05, 3.63) is 59.7 Å². The highest BCUT2D eigenvalue weighted by atomic mass is 16.5. The summed E-state index contributed by atoms with van der Waals surface area (Å²) in [4.78, 5) is 24.5. The SMILES string of the molecule is CCCCOc1ccccc1C(=O)NNC(=O)COc1ccccc1[C@@H](C)CC. The van der Waals surface area contributed by atoms with Crippen LogP contribution >= 0.6 is 0 Å². The standard InChI is InChI=1S/C23H30N2O4/c1-4-6-15-28-21-14-10-8-12-19(21)23(27)25-24-22(26)16-29-20-13-9-7-11-18(20)17(3)5-2/h7-14,17H,4-6,15-16H2,1-3H3,(H,24,26)(H,25,27)/t17-/m0/s1. The van der Waals surface area contributed by atoms with E-state index < -0.39 is 11.8 Å². The van der Waals surface area contributed by atoms with Crippen LogP contribution in [0.4, 0.5) is 0 Å². The molecule has 0 bridgehead atoms. The number of unbranched alkanes of at least 4 members (excludes halogenated alkanes) is 1. The second kappa shape index (κ2) is 11.7. The maximum Gasteiger partial charge on any atom is 0.276 e. The zero-order chi connectivity index (χ0) is 21.1. The van der Waals surface area contributed by atoms with Gasteiger partial charge in [0.2, 0.25) is 0 Å². The van der Waals surface area contributed by atoms with E-state index in [9.17, 15) is 9.59 Å². The summed E-state index contributed by atoms with van der Waals surface area (Å²) in [7, 11) is 0. The summed E-state index contributed by atoms with van der Waals surface area (Å²) in [5, 5.41) is 0. The summed E-state index contributed by atoms with van der Waals surface area (Å²) in [6.07, 6.45) is 2.88. The third-order valence-electron chi connectivity index (χ3n) is 4.62. The van der Waals surface area contributed by atoms with Crippen LogP contribution in [0.2, 0.25) is 0 Å². The molecule has 0 saturated heterocycles. The Bertz CT molecular complexity index is 807. The molecule has 1 atom stereocenters. The largest absolute Gasteiger partial charge is 0.493 e. The molecule has 2 rings (SSSR count). The fraction of sp³-hybridized carbons (Fsp3) is 0.391. The molecule has 0 radical (unpaired) electrons. The smallest absolute Gasteiger partial charge is 0.276 e. The van der Waals surface area contributed by atoms with Crippen molar-refractivity contribution in [2.75, 3.05) is 13.2 Å². The van der Waals surface area contributed by atoms with E-state index in [1.54, 1.807) is 24.3 Å². The predicted octanol–water partition coefficient (Wildman–Crippen LogP) is 4.22. The number of carbonyl (C=O) groups is 2. The lowest BCUT2D eigenvalue weighted by molar-refractivity contribution is -0.123. The van der Waals surface area contributed by atoms with Crippen molar-refractivity contribution >= 4 is 11.8 Å². The molecule has 2 aromatic rings. The van der Waals surface area contributed by atoms with Crippen molar-refractivity contribution in [2.45, 2.75) is 46.0 Å². The van der Waals surface area contributed by atoms with Gasteiger partial charge in [-0.25, -0.2) is 0 Å². The Kier molecular flexibility index (Phi) is 9.02. The molecule has 6 nitrogen and oxygen atoms in total. The van der Waals surface area contributed by atoms with Crippen molar-refractivity contribution in [1.29, 1.82) is 0 Å². The first-order valence-electron chi connectivity index (χ1n) is 10.1. The lowest BCUT2D eigenvalue weighted by Crippen LogP contribution is -2.44. The fourth-order valence-electron chi connectivity index (χ4n) is 2.72. The third kappa shape index (κ3) is 6.82. The summed E-state index contributed by atoms with van der Waals surface area (Å²) < 4.78 is 11.3. The molecule has 0 aliphatic carbocycles. The van der Waals surface area contributed by atoms with Crippen molar-refractivity contribution < 1.29 is 19.1 Å². The number of amides is 2. The molecule has 0 heterocycles. The van der Waals surface area contributed by atoms with Gasteiger partial charge in [0.05, 0.1) is 12.2 Å². The zero-order valence-corrected chi connectivity index (χ0v) is 17.4. The van der Waals surface area contributed by atoms with Crippen LogP contribution in [0.1, 0.15) is 61.9 Å². The van der Waals surface area contributed by atoms with Crippen LogP contribution in [-0.2, 0) is 4.79 Å². The molecule has 6 heteroatoms. The van der Waals surface area contributed by atoms with E-state index in [1.165, 1.54) is 0 Å². The van der Waals surface area contributed by atoms with Crippen LogP contribution in [-0.4, -0.2) is 25.0 Å². The maximum atomic E-state index is 12.4. The molecule has 0 saturated carbocycles. The van der Waals surface area contributed by atoms with Gasteiger partial charge in [-0.3, -0.25) is 20.4 Å². The molecule has 2 amide bonds. The molecule has 156 valence electrons. The summed E-state index contributed by atoms with van der Waals surface area (Å²) in [6, 6.07) is 14.6. The minimum atomic E-state index is -0.443. The van der Waals surface area contributed by atoms with E-state index in [0.717, 1.165) is 24.8 Å². The summed E-state index contributed by atoms with van der Waals surface area (Å²) in [6.45, 7) is 6.63. The van der Waals surface area contributed by atoms with Gasteiger partial charge in [0, 0.05) is 0 Å². The van der Waals surface area contributed by atoms with Crippen molar-refractivity contribution in [3.8, 4) is 11.5 Å². The second-order valence-corrected chi connectivity index (χ2v) is 6.84. The first-order valence-corrected chi connectivity index (χ1v) is 10.1. The fourth-order valence-corrected chi connectivity index (χ4v) is 2.72. The van der Waals surface area contributed by atoms with Crippen molar-refractivity contribution in [1.82, 2.24) is 10.9 Å². The number of ether oxygens (including phenoxy) is 2. The lowest BCUT2D eigenvalue weighted by atomic mass is 9.98. The number of benzene rings is 2. The number of carbonyl (C=O) groups excluding carboxylic acids is 2. The third-order valence-corrected chi connectivity index (χ3v) is 4.62. The Morgan fingerprint density at radius 2 is 1.62 bits per heavy atom. The lowest BCUT2D eigenvalue weighted by Gasteiger charge is -2.16. The number of hydrazine groups is 1. The van der Waals surface area contributed by atoms with Gasteiger partial charge < -0.3 is 9.47 Å². The van der Waals surface area contributed by atoms with Crippen LogP contribution in [0.25, 0.3) is 0 Å². The van der Waals surface area contributed by atoms with E-state index in [2.05, 4.69) is 31.6 Å². The Morgan fingerprint density at radius 1 is 0.931 bits per heavy atom. The first-order chi connectivity index (χ1) is 14.1. The van der Waals surface area contributed by atoms with E-state index in [0.29, 0.717) is 29.6 Å². The molecule has 0 fully saturated rings. The van der Waals surface area contributed by atoms with Gasteiger partial charge in [-0.1, -0.05) is 57.5 Å². The Morgan fingerprint density at radius 3 is 2.34 bits per heavy atom. The highest BCUT2D eigenvalue weighted by Gasteiger charge is 2.14. The topological polar surface area (TPSA) is 76.7 Å². The van der Waals surface area contributed by atoms with E-state index in [-0.39, 0.29) is 6.61 Å². The van der Waals surface area contributed by atoms with Gasteiger partial charge in [0.1, 0.15) is 11.5 Å². The van der Waals surface area contributed by atoms with Crippen LogP contribution in [0.5, 0.6) is 11.5 Å². The van der Waals surface area contributed by atoms with Gasteiger partial charge >= 0.3 is 0 Å². The zero-order valence-electron chi connectivity index (χ0n) is 17.4. The van der Waals surface area contributed by atoms with E-state index in [4.69, 9.17) is 9.47 Å². The molecular formula is C23H30N2O4. The molecule has 0 aliphatic rings. The van der Waals surface area contributed by atoms with Crippen molar-refractivity contribution in [3.63, 3.8) is 0 Å². The molecule has 0 aliphatic heterocycles. The van der Waals surface area contributed by atoms with Crippen LogP contribution in [0, 0.1) is 0 Å². The highest BCUT2D eigenvalue weighted by Crippen LogP contribution is 2.28. The quantitative estimate of drug-likeness (QED) is 0.464. The number of rotatable bonds is 10. The van der Waals surface area contributed by atoms with Gasteiger partial charge in [0.25, 0.3) is 11.8 Å². The van der Waals surface area contributed by atoms with Crippen molar-refractivity contribution in [2.24, 2.45) is 0 Å². The monoisotopic (exact) mass is 398 g/mol. The second-order valence-electron chi connectivity index (χ2n) is 6.84. The summed E-state index contributed by atoms with van der Waals surface area (Å²) >= 11 is 0. The molecule has 0 spiro atoms. The molecular weight excluding hydrogens is 368 g/mol. The van der Waals surface area contributed by atoms with Gasteiger partial charge in [0.15, 0.2) is 6.61 Å². The van der Waals surface area contributed by atoms with Crippen LogP contribution in [0.15, 0.2) is 48.5 Å². The van der Waals surface area contributed by atoms with E-state index in [1.807, 2.05) is 24.3 Å². The number of para-hydroxylation sites is 2. The Balaban J connectivity index is 1.88. The minimum absolute atomic E-state index is 0.192. The molecule has 0 aromatic heterocycles. The maximum absolute atomic E-state index is 12.4. The minimum Gasteiger partial charge on any atom is -0.493 e. The van der Waals surface area contributed by atoms with Gasteiger partial charge in [-0.05, 0) is 42.5 Å². The highest BCUT2D eigenvalue weighted by molar-refractivity contribution is 5.97. The molecule has 2 N–H and O–H groups in total. The van der Waals surface area contributed by atoms with Crippen LogP contribution in [0.3, 0.4) is 0 Å². The average Bonchev–Trinajstić information content (AvgIpc) is 2.76.